The molecule has 0 amide bonds. The summed E-state index contributed by atoms with van der Waals surface area (Å²) >= 11 is 0. The third kappa shape index (κ3) is 3.54. The van der Waals surface area contributed by atoms with E-state index >= 15 is 0 Å². The average molecular weight is 353 g/mol. The number of halogens is 1. The summed E-state index contributed by atoms with van der Waals surface area (Å²) in [5.41, 5.74) is 8.49. The van der Waals surface area contributed by atoms with Crippen LogP contribution in [0.4, 0.5) is 0 Å². The molecule has 0 radical (unpaired) electrons. The molecule has 0 saturated carbocycles. The molecule has 0 bridgehead atoms. The molecule has 0 spiro atoms. The summed E-state index contributed by atoms with van der Waals surface area (Å²) in [4.78, 5) is 4.71. The van der Waals surface area contributed by atoms with Crippen LogP contribution in [0.5, 0.6) is 0 Å². The monoisotopic (exact) mass is 352 g/mol. The summed E-state index contributed by atoms with van der Waals surface area (Å²) < 4.78 is 2.38. The van der Waals surface area contributed by atoms with E-state index in [2.05, 4.69) is 75.2 Å². The van der Waals surface area contributed by atoms with Gasteiger partial charge in [0.15, 0.2) is 0 Å². The van der Waals surface area contributed by atoms with Crippen molar-refractivity contribution in [2.45, 2.75) is 34.2 Å². The molecule has 2 nitrogen and oxygen atoms in total. The highest BCUT2D eigenvalue weighted by molar-refractivity contribution is 5.95. The lowest BCUT2D eigenvalue weighted by Gasteiger charge is -2.10. The van der Waals surface area contributed by atoms with Gasteiger partial charge < -0.3 is 4.57 Å². The Morgan fingerprint density at radius 1 is 1.12 bits per heavy atom. The molecule has 0 saturated heterocycles. The fraction of sp³-hybridized carbons (Fsp3) is 0.227. The molecule has 3 heteroatoms. The van der Waals surface area contributed by atoms with Crippen molar-refractivity contribution in [3.63, 3.8) is 0 Å². The lowest BCUT2D eigenvalue weighted by atomic mass is 10.1. The van der Waals surface area contributed by atoms with Gasteiger partial charge in [0.25, 0.3) is 0 Å². The van der Waals surface area contributed by atoms with Crippen molar-refractivity contribution >= 4 is 29.4 Å². The van der Waals surface area contributed by atoms with E-state index in [1.54, 1.807) is 0 Å². The number of nitrogens with zero attached hydrogens (tertiary/aromatic N) is 2. The Labute approximate surface area is 156 Å². The van der Waals surface area contributed by atoms with Crippen LogP contribution in [0.15, 0.2) is 54.8 Å². The van der Waals surface area contributed by atoms with Crippen LogP contribution in [-0.4, -0.2) is 9.55 Å². The van der Waals surface area contributed by atoms with Gasteiger partial charge in [0.1, 0.15) is 0 Å². The van der Waals surface area contributed by atoms with E-state index < -0.39 is 0 Å². The second-order valence-corrected chi connectivity index (χ2v) is 6.48. The van der Waals surface area contributed by atoms with Crippen molar-refractivity contribution in [3.8, 4) is 11.3 Å². The van der Waals surface area contributed by atoms with Gasteiger partial charge >= 0.3 is 0 Å². The van der Waals surface area contributed by atoms with Gasteiger partial charge in [-0.1, -0.05) is 48.6 Å². The minimum absolute atomic E-state index is 0. The van der Waals surface area contributed by atoms with E-state index in [0.29, 0.717) is 0 Å². The highest BCUT2D eigenvalue weighted by Gasteiger charge is 2.15. The Morgan fingerprint density at radius 2 is 1.80 bits per heavy atom. The maximum atomic E-state index is 4.71. The van der Waals surface area contributed by atoms with Gasteiger partial charge in [-0.3, -0.25) is 4.98 Å². The van der Waals surface area contributed by atoms with Crippen LogP contribution in [-0.2, 0) is 6.54 Å². The minimum atomic E-state index is 0. The van der Waals surface area contributed by atoms with Crippen molar-refractivity contribution in [3.05, 3.63) is 71.6 Å². The van der Waals surface area contributed by atoms with Gasteiger partial charge in [-0.25, -0.2) is 0 Å². The lowest BCUT2D eigenvalue weighted by molar-refractivity contribution is 0.816. The molecule has 2 aromatic heterocycles. The normalized spacial score (nSPS) is 10.4. The standard InChI is InChI=1S/C22H24N2.ClH/c1-6-18-7-9-19(10-8-18)21-22-20(11-13-23-21)16(4)17(5)24(22)14-12-15(2)3;/h6-13H,1,14H2,2-5H3;1H. The van der Waals surface area contributed by atoms with Crippen LogP contribution in [0.2, 0.25) is 0 Å². The van der Waals surface area contributed by atoms with E-state index in [4.69, 9.17) is 4.98 Å². The first-order valence-corrected chi connectivity index (χ1v) is 8.33. The number of pyridine rings is 1. The van der Waals surface area contributed by atoms with Crippen LogP contribution in [0, 0.1) is 13.8 Å². The quantitative estimate of drug-likeness (QED) is 0.500. The van der Waals surface area contributed by atoms with E-state index in [1.807, 2.05) is 12.3 Å². The summed E-state index contributed by atoms with van der Waals surface area (Å²) in [6.07, 6.45) is 6.05. The molecule has 0 N–H and O–H groups in total. The summed E-state index contributed by atoms with van der Waals surface area (Å²) in [6, 6.07) is 10.6. The molecule has 0 fully saturated rings. The van der Waals surface area contributed by atoms with E-state index in [-0.39, 0.29) is 12.4 Å². The number of aromatic nitrogens is 2. The lowest BCUT2D eigenvalue weighted by Crippen LogP contribution is -2.00. The second-order valence-electron chi connectivity index (χ2n) is 6.48. The molecule has 2 heterocycles. The predicted octanol–water partition coefficient (Wildman–Crippen LogP) is 6.35. The molecule has 0 atom stereocenters. The number of rotatable bonds is 4. The molecule has 0 unspecified atom stereocenters. The van der Waals surface area contributed by atoms with Crippen LogP contribution in [0.1, 0.15) is 30.7 Å². The van der Waals surface area contributed by atoms with Gasteiger partial charge in [-0.2, -0.15) is 0 Å². The molecular formula is C22H25ClN2. The zero-order valence-electron chi connectivity index (χ0n) is 15.3. The molecule has 0 aliphatic carbocycles. The Balaban J connectivity index is 0.00000225. The van der Waals surface area contributed by atoms with E-state index in [0.717, 1.165) is 23.4 Å². The van der Waals surface area contributed by atoms with Gasteiger partial charge in [0.2, 0.25) is 0 Å². The van der Waals surface area contributed by atoms with Crippen molar-refractivity contribution in [1.29, 1.82) is 0 Å². The Morgan fingerprint density at radius 3 is 2.40 bits per heavy atom. The zero-order valence-corrected chi connectivity index (χ0v) is 16.2. The van der Waals surface area contributed by atoms with Gasteiger partial charge in [-0.15, -0.1) is 12.4 Å². The highest BCUT2D eigenvalue weighted by Crippen LogP contribution is 2.32. The average Bonchev–Trinajstić information content (AvgIpc) is 2.84. The fourth-order valence-corrected chi connectivity index (χ4v) is 3.09. The van der Waals surface area contributed by atoms with Gasteiger partial charge in [0, 0.05) is 29.4 Å². The highest BCUT2D eigenvalue weighted by atomic mass is 35.5. The Hall–Kier alpha value is -2.32. The summed E-state index contributed by atoms with van der Waals surface area (Å²) in [7, 11) is 0. The van der Waals surface area contributed by atoms with Crippen molar-refractivity contribution < 1.29 is 0 Å². The number of benzene rings is 1. The first-order valence-electron chi connectivity index (χ1n) is 8.33. The maximum Gasteiger partial charge on any atom is 0.0945 e. The predicted molar refractivity (Wildman–Crippen MR) is 111 cm³/mol. The zero-order chi connectivity index (χ0) is 17.3. The molecule has 3 rings (SSSR count). The summed E-state index contributed by atoms with van der Waals surface area (Å²) in [5, 5.41) is 1.28. The van der Waals surface area contributed by atoms with Crippen LogP contribution < -0.4 is 0 Å². The van der Waals surface area contributed by atoms with Crippen LogP contribution in [0.25, 0.3) is 28.2 Å². The number of hydrogen-bond donors (Lipinski definition) is 0. The van der Waals surface area contributed by atoms with E-state index in [9.17, 15) is 0 Å². The van der Waals surface area contributed by atoms with Gasteiger partial charge in [-0.05, 0) is 44.9 Å². The number of fused-ring (bicyclic) bond motifs is 1. The SMILES string of the molecule is C=Cc1ccc(-c2nccc3c(C)c(C)n(CC=C(C)C)c23)cc1.Cl. The first-order chi connectivity index (χ1) is 11.5. The van der Waals surface area contributed by atoms with Gasteiger partial charge in [0.05, 0.1) is 11.2 Å². The van der Waals surface area contributed by atoms with Crippen molar-refractivity contribution in [2.24, 2.45) is 0 Å². The van der Waals surface area contributed by atoms with Crippen molar-refractivity contribution in [1.82, 2.24) is 9.55 Å². The summed E-state index contributed by atoms with van der Waals surface area (Å²) in [6.45, 7) is 13.4. The van der Waals surface area contributed by atoms with Crippen LogP contribution >= 0.6 is 12.4 Å². The first kappa shape index (κ1) is 19.0. The molecule has 25 heavy (non-hydrogen) atoms. The second kappa shape index (κ2) is 7.71. The Kier molecular flexibility index (Phi) is 5.86. The minimum Gasteiger partial charge on any atom is -0.339 e. The molecule has 130 valence electrons. The topological polar surface area (TPSA) is 17.8 Å². The maximum absolute atomic E-state index is 4.71. The Bertz CT molecular complexity index is 927. The molecular weight excluding hydrogens is 328 g/mol. The summed E-state index contributed by atoms with van der Waals surface area (Å²) in [5.74, 6) is 0. The smallest absolute Gasteiger partial charge is 0.0945 e. The molecule has 1 aromatic carbocycles. The molecule has 3 aromatic rings. The largest absolute Gasteiger partial charge is 0.339 e. The third-order valence-electron chi connectivity index (χ3n) is 4.65. The molecule has 0 aliphatic rings. The fourth-order valence-electron chi connectivity index (χ4n) is 3.09. The molecule has 0 aliphatic heterocycles. The van der Waals surface area contributed by atoms with E-state index in [1.165, 1.54) is 27.7 Å². The number of hydrogen-bond acceptors (Lipinski definition) is 1. The number of allylic oxidation sites excluding steroid dienone is 2. The van der Waals surface area contributed by atoms with Crippen molar-refractivity contribution in [2.75, 3.05) is 0 Å². The third-order valence-corrected chi connectivity index (χ3v) is 4.65. The number of aryl methyl sites for hydroxylation is 1. The van der Waals surface area contributed by atoms with Crippen LogP contribution in [0.3, 0.4) is 0 Å².